The molecule has 1 heterocycles. The largest absolute Gasteiger partial charge is 0.490 e. The highest BCUT2D eigenvalue weighted by Gasteiger charge is 2.38. The van der Waals surface area contributed by atoms with E-state index in [9.17, 15) is 27.9 Å². The molecule has 1 amide bonds. The molecule has 1 aliphatic carbocycles. The summed E-state index contributed by atoms with van der Waals surface area (Å²) in [6.07, 6.45) is 2.89. The molecule has 212 valence electrons. The second-order valence-corrected chi connectivity index (χ2v) is 8.97. The van der Waals surface area contributed by atoms with Gasteiger partial charge in [0.15, 0.2) is 0 Å². The van der Waals surface area contributed by atoms with Crippen molar-refractivity contribution in [3.05, 3.63) is 77.4 Å². The number of carboxylic acids is 2. The van der Waals surface area contributed by atoms with E-state index in [1.54, 1.807) is 0 Å². The molecule has 0 spiro atoms. The lowest BCUT2D eigenvalue weighted by Gasteiger charge is -2.13. The molecule has 0 fully saturated rings. The lowest BCUT2D eigenvalue weighted by Crippen LogP contribution is -2.25. The number of nitrogens with one attached hydrogen (secondary N) is 3. The van der Waals surface area contributed by atoms with E-state index in [-0.39, 0.29) is 18.2 Å². The summed E-state index contributed by atoms with van der Waals surface area (Å²) in [5.41, 5.74) is 4.84. The van der Waals surface area contributed by atoms with E-state index >= 15 is 0 Å². The fourth-order valence-corrected chi connectivity index (χ4v) is 4.02. The van der Waals surface area contributed by atoms with E-state index in [0.717, 1.165) is 53.1 Å². The Kier molecular flexibility index (Phi) is 10.5. The number of para-hydroxylation sites is 2. The number of fused-ring (bicyclic) bond motifs is 2. The molecule has 0 aliphatic heterocycles. The van der Waals surface area contributed by atoms with Crippen molar-refractivity contribution in [1.29, 1.82) is 0 Å². The molecule has 12 heteroatoms. The number of carbonyl (C=O) groups excluding carboxylic acids is 1. The Bertz CT molecular complexity index is 1360. The predicted molar refractivity (Wildman–Crippen MR) is 144 cm³/mol. The van der Waals surface area contributed by atoms with Gasteiger partial charge in [-0.3, -0.25) is 9.59 Å². The quantitative estimate of drug-likeness (QED) is 0.218. The van der Waals surface area contributed by atoms with Crippen LogP contribution >= 0.6 is 0 Å². The van der Waals surface area contributed by atoms with Gasteiger partial charge in [0.2, 0.25) is 11.9 Å². The van der Waals surface area contributed by atoms with Gasteiger partial charge in [-0.2, -0.15) is 13.2 Å². The number of aliphatic carboxylic acids is 2. The maximum atomic E-state index is 12.3. The topological polar surface area (TPSA) is 144 Å². The molecule has 2 aromatic carbocycles. The van der Waals surface area contributed by atoms with Crippen LogP contribution in [0.5, 0.6) is 0 Å². The molecular formula is C28H29F3N4O5. The molecule has 3 aromatic rings. The van der Waals surface area contributed by atoms with Gasteiger partial charge in [0.25, 0.3) is 0 Å². The summed E-state index contributed by atoms with van der Waals surface area (Å²) in [5.74, 6) is -3.08. The van der Waals surface area contributed by atoms with Gasteiger partial charge in [-0.1, -0.05) is 54.6 Å². The first-order valence-corrected chi connectivity index (χ1v) is 12.5. The van der Waals surface area contributed by atoms with Crippen LogP contribution in [0.4, 0.5) is 19.1 Å². The summed E-state index contributed by atoms with van der Waals surface area (Å²) in [4.78, 5) is 40.2. The van der Waals surface area contributed by atoms with E-state index in [2.05, 4.69) is 20.6 Å². The third kappa shape index (κ3) is 9.29. The fraction of sp³-hybridized carbons (Fsp3) is 0.286. The smallest absolute Gasteiger partial charge is 0.481 e. The Morgan fingerprint density at radius 1 is 0.975 bits per heavy atom. The molecule has 0 bridgehead atoms. The highest BCUT2D eigenvalue weighted by molar-refractivity contribution is 5.77. The van der Waals surface area contributed by atoms with Gasteiger partial charge in [0, 0.05) is 25.4 Å². The molecule has 0 saturated heterocycles. The van der Waals surface area contributed by atoms with Crippen LogP contribution < -0.4 is 10.6 Å². The van der Waals surface area contributed by atoms with Crippen molar-refractivity contribution in [3.8, 4) is 0 Å². The van der Waals surface area contributed by atoms with Crippen LogP contribution in [0.2, 0.25) is 0 Å². The maximum absolute atomic E-state index is 12.3. The number of amides is 1. The molecule has 1 atom stereocenters. The van der Waals surface area contributed by atoms with E-state index in [4.69, 9.17) is 9.90 Å². The minimum atomic E-state index is -5.08. The number of allylic oxidation sites excluding steroid dienone is 1. The number of hydrogen-bond acceptors (Lipinski definition) is 5. The van der Waals surface area contributed by atoms with Gasteiger partial charge in [0.1, 0.15) is 0 Å². The lowest BCUT2D eigenvalue weighted by atomic mass is 9.91. The molecule has 5 N–H and O–H groups in total. The number of carboxylic acid groups (broad SMARTS) is 2. The fourth-order valence-electron chi connectivity index (χ4n) is 4.02. The van der Waals surface area contributed by atoms with Crippen molar-refractivity contribution < 1.29 is 37.8 Å². The Labute approximate surface area is 227 Å². The predicted octanol–water partition coefficient (Wildman–Crippen LogP) is 5.11. The van der Waals surface area contributed by atoms with Gasteiger partial charge in [-0.05, 0) is 41.7 Å². The second-order valence-electron chi connectivity index (χ2n) is 8.97. The number of carbonyl (C=O) groups is 3. The van der Waals surface area contributed by atoms with Gasteiger partial charge < -0.3 is 25.8 Å². The number of alkyl halides is 3. The van der Waals surface area contributed by atoms with Gasteiger partial charge in [-0.25, -0.2) is 9.78 Å². The normalized spacial score (nSPS) is 14.3. The van der Waals surface area contributed by atoms with Crippen LogP contribution in [0, 0.1) is 0 Å². The number of imidazole rings is 1. The van der Waals surface area contributed by atoms with Crippen LogP contribution in [0.25, 0.3) is 17.1 Å². The molecular weight excluding hydrogens is 529 g/mol. The van der Waals surface area contributed by atoms with Gasteiger partial charge >= 0.3 is 18.1 Å². The highest BCUT2D eigenvalue weighted by atomic mass is 19.4. The lowest BCUT2D eigenvalue weighted by molar-refractivity contribution is -0.192. The number of nitrogens with zero attached hydrogens (tertiary/aromatic N) is 1. The molecule has 0 saturated carbocycles. The molecule has 1 aliphatic rings. The van der Waals surface area contributed by atoms with E-state index < -0.39 is 18.1 Å². The summed E-state index contributed by atoms with van der Waals surface area (Å²) in [6.45, 7) is 1.12. The number of benzene rings is 2. The summed E-state index contributed by atoms with van der Waals surface area (Å²) in [5, 5.41) is 22.7. The summed E-state index contributed by atoms with van der Waals surface area (Å²) < 4.78 is 31.7. The third-order valence-electron chi connectivity index (χ3n) is 5.93. The number of aromatic amines is 1. The van der Waals surface area contributed by atoms with Crippen LogP contribution in [0.3, 0.4) is 0 Å². The SMILES string of the molecule is O=C(O)C(F)(F)F.O=C(O)CC1C=C(CNC(=O)CCCCNc2nc3ccccc3[nH]2)C=Cc2ccccc21. The molecule has 1 aromatic heterocycles. The minimum Gasteiger partial charge on any atom is -0.481 e. The average molecular weight is 559 g/mol. The van der Waals surface area contributed by atoms with Crippen molar-refractivity contribution >= 4 is 40.9 Å². The first kappa shape index (κ1) is 29.9. The number of anilines is 1. The Balaban J connectivity index is 0.000000559. The average Bonchev–Trinajstić information content (AvgIpc) is 3.24. The summed E-state index contributed by atoms with van der Waals surface area (Å²) in [6, 6.07) is 15.7. The van der Waals surface area contributed by atoms with Crippen LogP contribution in [-0.4, -0.2) is 57.3 Å². The third-order valence-corrected chi connectivity index (χ3v) is 5.93. The summed E-state index contributed by atoms with van der Waals surface area (Å²) >= 11 is 0. The van der Waals surface area contributed by atoms with Crippen molar-refractivity contribution in [2.24, 2.45) is 0 Å². The van der Waals surface area contributed by atoms with Crippen molar-refractivity contribution in [2.75, 3.05) is 18.4 Å². The van der Waals surface area contributed by atoms with Crippen molar-refractivity contribution in [3.63, 3.8) is 0 Å². The zero-order valence-electron chi connectivity index (χ0n) is 21.4. The van der Waals surface area contributed by atoms with Crippen LogP contribution in [0.15, 0.2) is 66.3 Å². The number of H-pyrrole nitrogens is 1. The van der Waals surface area contributed by atoms with E-state index in [0.29, 0.717) is 13.0 Å². The first-order valence-electron chi connectivity index (χ1n) is 12.5. The Morgan fingerprint density at radius 3 is 2.38 bits per heavy atom. The number of hydrogen-bond donors (Lipinski definition) is 5. The van der Waals surface area contributed by atoms with E-state index in [1.165, 1.54) is 0 Å². The molecule has 1 unspecified atom stereocenters. The number of aromatic nitrogens is 2. The standard InChI is InChI=1S/C26H28N4O3.C2HF3O2/c31-24(11-5-6-14-27-26-29-22-9-3-4-10-23(22)30-26)28-17-18-12-13-19-7-1-2-8-21(19)20(15-18)16-25(32)33;3-2(4,5)1(6)7/h1-4,7-10,12-13,15,20H,5-6,11,14,16-17H2,(H,28,31)(H,32,33)(H2,27,29,30);(H,6,7). The molecule has 9 nitrogen and oxygen atoms in total. The zero-order valence-corrected chi connectivity index (χ0v) is 21.4. The van der Waals surface area contributed by atoms with Crippen LogP contribution in [-0.2, 0) is 14.4 Å². The Hall–Kier alpha value is -4.61. The van der Waals surface area contributed by atoms with Crippen molar-refractivity contribution in [1.82, 2.24) is 15.3 Å². The Morgan fingerprint density at radius 2 is 1.68 bits per heavy atom. The first-order chi connectivity index (χ1) is 19.0. The van der Waals surface area contributed by atoms with E-state index in [1.807, 2.05) is 66.8 Å². The number of rotatable bonds is 10. The number of halogens is 3. The van der Waals surface area contributed by atoms with Gasteiger partial charge in [-0.15, -0.1) is 0 Å². The second kappa shape index (κ2) is 14.0. The molecule has 40 heavy (non-hydrogen) atoms. The minimum absolute atomic E-state index is 0.00965. The summed E-state index contributed by atoms with van der Waals surface area (Å²) in [7, 11) is 0. The zero-order chi connectivity index (χ0) is 29.1. The number of unbranched alkanes of at least 4 members (excludes halogenated alkanes) is 1. The maximum Gasteiger partial charge on any atom is 0.490 e. The van der Waals surface area contributed by atoms with Crippen LogP contribution in [0.1, 0.15) is 42.7 Å². The van der Waals surface area contributed by atoms with Gasteiger partial charge in [0.05, 0.1) is 17.5 Å². The van der Waals surface area contributed by atoms with Crippen molar-refractivity contribution in [2.45, 2.75) is 37.8 Å². The molecule has 0 radical (unpaired) electrons. The molecule has 4 rings (SSSR count). The monoisotopic (exact) mass is 558 g/mol. The highest BCUT2D eigenvalue weighted by Crippen LogP contribution is 2.30.